The maximum Gasteiger partial charge on any atom is 0.274 e. The second kappa shape index (κ2) is 6.17. The van der Waals surface area contributed by atoms with Crippen molar-refractivity contribution in [2.24, 2.45) is 0 Å². The number of rotatable bonds is 1. The van der Waals surface area contributed by atoms with Crippen LogP contribution in [0.5, 0.6) is 0 Å². The normalized spacial score (nSPS) is 29.2. The van der Waals surface area contributed by atoms with Gasteiger partial charge in [0.15, 0.2) is 0 Å². The topological polar surface area (TPSA) is 52.2 Å². The standard InChI is InChI=1S/C19H32N4O/c1-18(2,3)15-13-14(20-21-15)17(24)23-12-7-6-9-16-19(23,4)10-8-11-22(16)5/h13,16H,6-12H2,1-5H3,(H,20,21)/t16-,19-/m0/s1. The van der Waals surface area contributed by atoms with E-state index in [2.05, 4.69) is 54.7 Å². The summed E-state index contributed by atoms with van der Waals surface area (Å²) in [5.41, 5.74) is 1.47. The molecule has 2 saturated heterocycles. The summed E-state index contributed by atoms with van der Waals surface area (Å²) in [6, 6.07) is 2.40. The molecule has 5 nitrogen and oxygen atoms in total. The van der Waals surface area contributed by atoms with Crippen molar-refractivity contribution in [1.29, 1.82) is 0 Å². The number of carbonyl (C=O) groups is 1. The van der Waals surface area contributed by atoms with Crippen LogP contribution in [0.4, 0.5) is 0 Å². The predicted octanol–water partition coefficient (Wildman–Crippen LogP) is 3.19. The molecule has 3 rings (SSSR count). The van der Waals surface area contributed by atoms with Crippen LogP contribution >= 0.6 is 0 Å². The maximum atomic E-state index is 13.3. The van der Waals surface area contributed by atoms with Crippen molar-refractivity contribution < 1.29 is 4.79 Å². The summed E-state index contributed by atoms with van der Waals surface area (Å²) in [5, 5.41) is 7.41. The van der Waals surface area contributed by atoms with Crippen LogP contribution in [0.2, 0.25) is 0 Å². The van der Waals surface area contributed by atoms with E-state index in [1.165, 1.54) is 12.8 Å². The Morgan fingerprint density at radius 2 is 2.04 bits per heavy atom. The fraction of sp³-hybridized carbons (Fsp3) is 0.789. The minimum Gasteiger partial charge on any atom is -0.330 e. The van der Waals surface area contributed by atoms with Gasteiger partial charge in [-0.25, -0.2) is 0 Å². The van der Waals surface area contributed by atoms with Crippen LogP contribution in [-0.2, 0) is 5.41 Å². The quantitative estimate of drug-likeness (QED) is 0.859. The molecule has 0 saturated carbocycles. The predicted molar refractivity (Wildman–Crippen MR) is 96.2 cm³/mol. The highest BCUT2D eigenvalue weighted by Gasteiger charge is 2.47. The first-order chi connectivity index (χ1) is 11.2. The molecule has 2 atom stereocenters. The van der Waals surface area contributed by atoms with Gasteiger partial charge >= 0.3 is 0 Å². The molecule has 0 aliphatic carbocycles. The van der Waals surface area contributed by atoms with Gasteiger partial charge in [0.05, 0.1) is 5.54 Å². The molecule has 1 amide bonds. The molecule has 1 N–H and O–H groups in total. The van der Waals surface area contributed by atoms with Gasteiger partial charge in [-0.1, -0.05) is 27.2 Å². The van der Waals surface area contributed by atoms with Crippen LogP contribution in [-0.4, -0.2) is 57.6 Å². The lowest BCUT2D eigenvalue weighted by Crippen LogP contribution is -2.63. The summed E-state index contributed by atoms with van der Waals surface area (Å²) in [6.45, 7) is 10.7. The molecule has 5 heteroatoms. The van der Waals surface area contributed by atoms with Gasteiger partial charge in [-0.15, -0.1) is 0 Å². The van der Waals surface area contributed by atoms with Gasteiger partial charge < -0.3 is 9.80 Å². The average Bonchev–Trinajstić information content (AvgIpc) is 2.92. The number of hydrogen-bond donors (Lipinski definition) is 1. The third-order valence-corrected chi connectivity index (χ3v) is 6.02. The van der Waals surface area contributed by atoms with Crippen LogP contribution in [0.1, 0.15) is 76.0 Å². The number of fused-ring (bicyclic) bond motifs is 1. The number of hydrogen-bond acceptors (Lipinski definition) is 3. The molecule has 2 fully saturated rings. The Morgan fingerprint density at radius 3 is 2.71 bits per heavy atom. The fourth-order valence-corrected chi connectivity index (χ4v) is 4.48. The van der Waals surface area contributed by atoms with Crippen molar-refractivity contribution in [2.75, 3.05) is 20.1 Å². The molecule has 2 aliphatic rings. The Bertz CT molecular complexity index is 603. The van der Waals surface area contributed by atoms with E-state index in [1.807, 2.05) is 6.07 Å². The summed E-state index contributed by atoms with van der Waals surface area (Å²) in [6.07, 6.45) is 5.71. The SMILES string of the molecule is CN1CCC[C@@]2(C)[C@@H]1CCCCN2C(=O)c1cc(C(C)(C)C)[nH]n1. The number of carbonyl (C=O) groups excluding carboxylic acids is 1. The van der Waals surface area contributed by atoms with E-state index in [4.69, 9.17) is 0 Å². The van der Waals surface area contributed by atoms with E-state index in [0.717, 1.165) is 38.0 Å². The van der Waals surface area contributed by atoms with Gasteiger partial charge in [0.25, 0.3) is 5.91 Å². The number of aromatic nitrogens is 2. The largest absolute Gasteiger partial charge is 0.330 e. The van der Waals surface area contributed by atoms with E-state index in [-0.39, 0.29) is 16.9 Å². The minimum absolute atomic E-state index is 0.0260. The Labute approximate surface area is 145 Å². The van der Waals surface area contributed by atoms with E-state index in [0.29, 0.717) is 11.7 Å². The zero-order valence-corrected chi connectivity index (χ0v) is 15.9. The van der Waals surface area contributed by atoms with Gasteiger partial charge in [0.2, 0.25) is 0 Å². The lowest BCUT2D eigenvalue weighted by Gasteiger charge is -2.51. The molecule has 1 aromatic heterocycles. The number of amides is 1. The number of likely N-dealkylation sites (N-methyl/N-ethyl adjacent to an activating group) is 1. The summed E-state index contributed by atoms with van der Waals surface area (Å²) < 4.78 is 0. The highest BCUT2D eigenvalue weighted by molar-refractivity contribution is 5.93. The highest BCUT2D eigenvalue weighted by atomic mass is 16.2. The van der Waals surface area contributed by atoms with Gasteiger partial charge in [0, 0.05) is 23.7 Å². The lowest BCUT2D eigenvalue weighted by molar-refractivity contribution is -0.00415. The van der Waals surface area contributed by atoms with Crippen molar-refractivity contribution in [3.63, 3.8) is 0 Å². The molecule has 0 radical (unpaired) electrons. The Morgan fingerprint density at radius 1 is 1.29 bits per heavy atom. The van der Waals surface area contributed by atoms with Crippen molar-refractivity contribution >= 4 is 5.91 Å². The van der Waals surface area contributed by atoms with Crippen LogP contribution < -0.4 is 0 Å². The summed E-state index contributed by atoms with van der Waals surface area (Å²) >= 11 is 0. The van der Waals surface area contributed by atoms with Crippen LogP contribution in [0, 0.1) is 0 Å². The monoisotopic (exact) mass is 332 g/mol. The van der Waals surface area contributed by atoms with Gasteiger partial charge in [-0.05, 0) is 52.3 Å². The lowest BCUT2D eigenvalue weighted by atomic mass is 9.80. The third-order valence-electron chi connectivity index (χ3n) is 6.02. The molecule has 24 heavy (non-hydrogen) atoms. The van der Waals surface area contributed by atoms with Crippen LogP contribution in [0.25, 0.3) is 0 Å². The van der Waals surface area contributed by atoms with E-state index in [1.54, 1.807) is 0 Å². The van der Waals surface area contributed by atoms with Gasteiger partial charge in [-0.3, -0.25) is 9.89 Å². The second-order valence-electron chi connectivity index (χ2n) is 8.83. The summed E-state index contributed by atoms with van der Waals surface area (Å²) in [5.74, 6) is 0.0893. The van der Waals surface area contributed by atoms with E-state index >= 15 is 0 Å². The van der Waals surface area contributed by atoms with Crippen LogP contribution in [0.15, 0.2) is 6.07 Å². The molecular formula is C19H32N4O. The molecule has 0 unspecified atom stereocenters. The number of H-pyrrole nitrogens is 1. The van der Waals surface area contributed by atoms with Gasteiger partial charge in [0.1, 0.15) is 5.69 Å². The molecule has 1 aromatic rings. The molecule has 0 bridgehead atoms. The van der Waals surface area contributed by atoms with Gasteiger partial charge in [-0.2, -0.15) is 5.10 Å². The van der Waals surface area contributed by atoms with Crippen molar-refractivity contribution in [1.82, 2.24) is 20.0 Å². The Kier molecular flexibility index (Phi) is 4.49. The number of likely N-dealkylation sites (tertiary alicyclic amines) is 2. The number of nitrogens with zero attached hydrogens (tertiary/aromatic N) is 3. The van der Waals surface area contributed by atoms with Crippen molar-refractivity contribution in [3.8, 4) is 0 Å². The molecule has 0 spiro atoms. The average molecular weight is 332 g/mol. The molecule has 134 valence electrons. The molecular weight excluding hydrogens is 300 g/mol. The van der Waals surface area contributed by atoms with Crippen LogP contribution in [0.3, 0.4) is 0 Å². The summed E-state index contributed by atoms with van der Waals surface area (Å²) in [7, 11) is 2.21. The zero-order chi connectivity index (χ0) is 17.5. The maximum absolute atomic E-state index is 13.3. The Hall–Kier alpha value is -1.36. The number of nitrogens with one attached hydrogen (secondary N) is 1. The first-order valence-electron chi connectivity index (χ1n) is 9.31. The van der Waals surface area contributed by atoms with E-state index < -0.39 is 0 Å². The molecule has 3 heterocycles. The fourth-order valence-electron chi connectivity index (χ4n) is 4.48. The molecule has 0 aromatic carbocycles. The number of aromatic amines is 1. The molecule has 2 aliphatic heterocycles. The first-order valence-corrected chi connectivity index (χ1v) is 9.31. The smallest absolute Gasteiger partial charge is 0.274 e. The van der Waals surface area contributed by atoms with Crippen molar-refractivity contribution in [2.45, 2.75) is 76.8 Å². The minimum atomic E-state index is -0.0819. The third kappa shape index (κ3) is 2.99. The summed E-state index contributed by atoms with van der Waals surface area (Å²) in [4.78, 5) is 17.9. The van der Waals surface area contributed by atoms with E-state index in [9.17, 15) is 4.79 Å². The number of piperidine rings is 1. The zero-order valence-electron chi connectivity index (χ0n) is 15.9. The first kappa shape index (κ1) is 17.5. The van der Waals surface area contributed by atoms with Crippen molar-refractivity contribution in [3.05, 3.63) is 17.5 Å². The Balaban J connectivity index is 1.91. The second-order valence-corrected chi connectivity index (χ2v) is 8.83. The highest BCUT2D eigenvalue weighted by Crippen LogP contribution is 2.38.